The van der Waals surface area contributed by atoms with Crippen molar-refractivity contribution in [3.05, 3.63) is 103 Å². The van der Waals surface area contributed by atoms with Gasteiger partial charge in [-0.3, -0.25) is 4.40 Å². The first-order chi connectivity index (χ1) is 16.2. The van der Waals surface area contributed by atoms with E-state index in [0.29, 0.717) is 24.7 Å². The number of hydrogen-bond donors (Lipinski definition) is 1. The minimum Gasteiger partial charge on any atom is -0.467 e. The molecule has 0 bridgehead atoms. The van der Waals surface area contributed by atoms with E-state index in [-0.39, 0.29) is 5.82 Å². The summed E-state index contributed by atoms with van der Waals surface area (Å²) in [6, 6.07) is 18.7. The molecule has 0 aliphatic rings. The Morgan fingerprint density at radius 3 is 2.88 bits per heavy atom. The lowest BCUT2D eigenvalue weighted by atomic mass is 10.1. The van der Waals surface area contributed by atoms with Crippen molar-refractivity contribution in [1.82, 2.24) is 24.1 Å². The molecule has 0 amide bonds. The van der Waals surface area contributed by atoms with Crippen LogP contribution >= 0.6 is 0 Å². The summed E-state index contributed by atoms with van der Waals surface area (Å²) < 4.78 is 22.9. The summed E-state index contributed by atoms with van der Waals surface area (Å²) in [4.78, 5) is 4.59. The Bertz CT molecular complexity index is 1570. The summed E-state index contributed by atoms with van der Waals surface area (Å²) >= 11 is 0. The zero-order valence-electron chi connectivity index (χ0n) is 17.5. The van der Waals surface area contributed by atoms with E-state index in [2.05, 4.69) is 43.3 Å². The highest BCUT2D eigenvalue weighted by Crippen LogP contribution is 2.29. The van der Waals surface area contributed by atoms with Crippen LogP contribution in [0.25, 0.3) is 27.7 Å². The zero-order chi connectivity index (χ0) is 22.2. The van der Waals surface area contributed by atoms with Gasteiger partial charge < -0.3 is 14.3 Å². The van der Waals surface area contributed by atoms with Gasteiger partial charge in [0.2, 0.25) is 5.95 Å². The normalized spacial score (nSPS) is 11.4. The molecule has 0 aliphatic heterocycles. The number of nitrogens with one attached hydrogen (secondary N) is 1. The number of furan rings is 1. The molecule has 8 heteroatoms. The van der Waals surface area contributed by atoms with E-state index in [1.807, 2.05) is 34.9 Å². The first kappa shape index (κ1) is 19.2. The van der Waals surface area contributed by atoms with Gasteiger partial charge in [-0.25, -0.2) is 9.37 Å². The Morgan fingerprint density at radius 2 is 2.00 bits per heavy atom. The number of hydrogen-bond acceptors (Lipinski definition) is 5. The summed E-state index contributed by atoms with van der Waals surface area (Å²) in [6.45, 7) is 1.12. The molecular weight excluding hydrogens is 419 g/mol. The average molecular weight is 438 g/mol. The number of aromatic nitrogens is 5. The molecule has 6 rings (SSSR count). The van der Waals surface area contributed by atoms with E-state index in [1.54, 1.807) is 30.9 Å². The van der Waals surface area contributed by atoms with E-state index in [1.165, 1.54) is 6.07 Å². The van der Waals surface area contributed by atoms with Gasteiger partial charge in [0.25, 0.3) is 0 Å². The maximum absolute atomic E-state index is 13.6. The highest BCUT2D eigenvalue weighted by atomic mass is 19.1. The first-order valence-corrected chi connectivity index (χ1v) is 10.5. The van der Waals surface area contributed by atoms with E-state index >= 15 is 0 Å². The summed E-state index contributed by atoms with van der Waals surface area (Å²) in [7, 11) is 0. The number of rotatable bonds is 6. The molecule has 33 heavy (non-hydrogen) atoms. The summed E-state index contributed by atoms with van der Waals surface area (Å²) in [5, 5.41) is 12.8. The quantitative estimate of drug-likeness (QED) is 0.390. The van der Waals surface area contributed by atoms with E-state index < -0.39 is 0 Å². The van der Waals surface area contributed by atoms with Crippen molar-refractivity contribution in [3.8, 4) is 11.1 Å². The minimum absolute atomic E-state index is 0.224. The van der Waals surface area contributed by atoms with Crippen LogP contribution in [0.5, 0.6) is 0 Å². The summed E-state index contributed by atoms with van der Waals surface area (Å²) in [6.07, 6.45) is 7.11. The molecule has 6 aromatic rings. The molecule has 0 spiro atoms. The van der Waals surface area contributed by atoms with E-state index in [9.17, 15) is 4.39 Å². The molecule has 0 saturated heterocycles. The van der Waals surface area contributed by atoms with Gasteiger partial charge in [-0.05, 0) is 53.6 Å². The van der Waals surface area contributed by atoms with Gasteiger partial charge in [-0.15, -0.1) is 10.2 Å². The van der Waals surface area contributed by atoms with Crippen molar-refractivity contribution in [1.29, 1.82) is 0 Å². The van der Waals surface area contributed by atoms with Crippen LogP contribution < -0.4 is 5.32 Å². The summed E-state index contributed by atoms with van der Waals surface area (Å²) in [5.41, 5.74) is 4.59. The molecular formula is C25H19FN6O. The van der Waals surface area contributed by atoms with Gasteiger partial charge in [-0.2, -0.15) is 0 Å². The Kier molecular flexibility index (Phi) is 4.61. The zero-order valence-corrected chi connectivity index (χ0v) is 17.5. The van der Waals surface area contributed by atoms with Gasteiger partial charge >= 0.3 is 0 Å². The molecule has 1 N–H and O–H groups in total. The minimum atomic E-state index is -0.224. The molecule has 7 nitrogen and oxygen atoms in total. The smallest absolute Gasteiger partial charge is 0.210 e. The van der Waals surface area contributed by atoms with Crippen LogP contribution in [0.3, 0.4) is 0 Å². The van der Waals surface area contributed by atoms with Gasteiger partial charge in [0.05, 0.1) is 12.8 Å². The number of fused-ring (bicyclic) bond motifs is 2. The van der Waals surface area contributed by atoms with Crippen LogP contribution in [-0.2, 0) is 13.1 Å². The monoisotopic (exact) mass is 438 g/mol. The Balaban J connectivity index is 1.32. The van der Waals surface area contributed by atoms with Crippen molar-refractivity contribution in [2.75, 3.05) is 5.32 Å². The highest BCUT2D eigenvalue weighted by molar-refractivity contribution is 5.88. The fourth-order valence-electron chi connectivity index (χ4n) is 4.07. The van der Waals surface area contributed by atoms with Crippen LogP contribution in [0.4, 0.5) is 10.3 Å². The predicted octanol–water partition coefficient (Wildman–Crippen LogP) is 5.14. The standard InChI is InChI=1S/C25H19FN6O/c26-20-4-1-3-17(11-20)15-31-9-8-19-12-18(6-7-23(19)31)22-14-28-25(32-16-29-30-24(22)32)27-13-21-5-2-10-33-21/h1-12,14,16H,13,15H2,(H,27,28). The van der Waals surface area contributed by atoms with Gasteiger partial charge in [0, 0.05) is 35.4 Å². The number of anilines is 1. The lowest BCUT2D eigenvalue weighted by molar-refractivity contribution is 0.517. The molecule has 162 valence electrons. The Labute approximate surface area is 188 Å². The Hall–Kier alpha value is -4.46. The van der Waals surface area contributed by atoms with Crippen molar-refractivity contribution < 1.29 is 8.81 Å². The molecule has 0 unspecified atom stereocenters. The third kappa shape index (κ3) is 3.61. The van der Waals surface area contributed by atoms with Crippen molar-refractivity contribution in [2.45, 2.75) is 13.1 Å². The molecule has 0 saturated carbocycles. The fraction of sp³-hybridized carbons (Fsp3) is 0.0800. The summed E-state index contributed by atoms with van der Waals surface area (Å²) in [5.74, 6) is 1.23. The highest BCUT2D eigenvalue weighted by Gasteiger charge is 2.13. The second-order valence-corrected chi connectivity index (χ2v) is 7.80. The van der Waals surface area contributed by atoms with Crippen molar-refractivity contribution >= 4 is 22.5 Å². The van der Waals surface area contributed by atoms with Crippen LogP contribution in [0, 0.1) is 5.82 Å². The van der Waals surface area contributed by atoms with Crippen LogP contribution in [0.1, 0.15) is 11.3 Å². The molecule has 0 radical (unpaired) electrons. The molecule has 4 heterocycles. The van der Waals surface area contributed by atoms with Crippen LogP contribution in [0.15, 0.2) is 90.1 Å². The van der Waals surface area contributed by atoms with Gasteiger partial charge in [0.15, 0.2) is 5.65 Å². The molecule has 4 aromatic heterocycles. The topological polar surface area (TPSA) is 73.2 Å². The maximum Gasteiger partial charge on any atom is 0.210 e. The molecule has 0 atom stereocenters. The van der Waals surface area contributed by atoms with Crippen molar-refractivity contribution in [3.63, 3.8) is 0 Å². The number of benzene rings is 2. The Morgan fingerprint density at radius 1 is 1.03 bits per heavy atom. The molecule has 0 aliphatic carbocycles. The molecule has 0 fully saturated rings. The maximum atomic E-state index is 13.6. The number of halogens is 1. The van der Waals surface area contributed by atoms with Crippen molar-refractivity contribution in [2.24, 2.45) is 0 Å². The second kappa shape index (κ2) is 7.90. The largest absolute Gasteiger partial charge is 0.467 e. The lowest BCUT2D eigenvalue weighted by Crippen LogP contribution is -2.06. The average Bonchev–Trinajstić information content (AvgIpc) is 3.59. The van der Waals surface area contributed by atoms with Crippen LogP contribution in [-0.4, -0.2) is 24.1 Å². The van der Waals surface area contributed by atoms with Gasteiger partial charge in [-0.1, -0.05) is 18.2 Å². The van der Waals surface area contributed by atoms with Gasteiger partial charge in [0.1, 0.15) is 17.9 Å². The van der Waals surface area contributed by atoms with E-state index in [4.69, 9.17) is 4.42 Å². The fourth-order valence-corrected chi connectivity index (χ4v) is 4.07. The lowest BCUT2D eigenvalue weighted by Gasteiger charge is -2.10. The molecule has 2 aromatic carbocycles. The third-order valence-corrected chi connectivity index (χ3v) is 5.66. The second-order valence-electron chi connectivity index (χ2n) is 7.80. The van der Waals surface area contributed by atoms with Crippen LogP contribution in [0.2, 0.25) is 0 Å². The third-order valence-electron chi connectivity index (χ3n) is 5.66. The SMILES string of the molecule is Fc1cccc(Cn2ccc3cc(-c4cnc(NCc5ccco5)n5cnnc45)ccc32)c1. The predicted molar refractivity (Wildman–Crippen MR) is 123 cm³/mol. The van der Waals surface area contributed by atoms with E-state index in [0.717, 1.165) is 33.4 Å². The number of nitrogens with zero attached hydrogens (tertiary/aromatic N) is 5. The first-order valence-electron chi connectivity index (χ1n) is 10.5.